The van der Waals surface area contributed by atoms with Crippen molar-refractivity contribution in [2.24, 2.45) is 0 Å². The van der Waals surface area contributed by atoms with Crippen molar-refractivity contribution >= 4 is 5.69 Å². The number of hydrogen-bond donors (Lipinski definition) is 2. The normalized spacial score (nSPS) is 10.2. The largest absolute Gasteiger partial charge is 0.491 e. The monoisotopic (exact) mass is 235 g/mol. The number of aromatic amines is 1. The summed E-state index contributed by atoms with van der Waals surface area (Å²) >= 11 is 0. The average Bonchev–Trinajstić information content (AvgIpc) is 2.83. The van der Waals surface area contributed by atoms with Crippen LogP contribution in [0.5, 0.6) is 5.75 Å². The lowest BCUT2D eigenvalue weighted by Gasteiger charge is -2.08. The molecule has 1 aromatic heterocycles. The molecule has 2 N–H and O–H groups in total. The summed E-state index contributed by atoms with van der Waals surface area (Å²) in [7, 11) is 0. The predicted molar refractivity (Wildman–Crippen MR) is 63.5 cm³/mol. The maximum absolute atomic E-state index is 13.5. The van der Waals surface area contributed by atoms with E-state index in [0.717, 1.165) is 5.69 Å². The summed E-state index contributed by atoms with van der Waals surface area (Å²) in [5.74, 6) is -0.0824. The van der Waals surface area contributed by atoms with Gasteiger partial charge in [0.25, 0.3) is 0 Å². The van der Waals surface area contributed by atoms with Gasteiger partial charge in [-0.15, -0.1) is 0 Å². The van der Waals surface area contributed by atoms with Crippen LogP contribution in [0, 0.1) is 5.82 Å². The van der Waals surface area contributed by atoms with Crippen molar-refractivity contribution in [2.75, 3.05) is 11.9 Å². The Labute approximate surface area is 98.8 Å². The number of H-pyrrole nitrogens is 1. The minimum atomic E-state index is -0.360. The predicted octanol–water partition coefficient (Wildman–Crippen LogP) is 2.56. The number of benzene rings is 1. The van der Waals surface area contributed by atoms with Gasteiger partial charge in [-0.1, -0.05) is 0 Å². The Balaban J connectivity index is 2.00. The second kappa shape index (κ2) is 5.34. The van der Waals surface area contributed by atoms with Crippen molar-refractivity contribution in [1.82, 2.24) is 10.2 Å². The third kappa shape index (κ3) is 2.96. The third-order valence-corrected chi connectivity index (χ3v) is 2.27. The standard InChI is InChI=1S/C12H14FN3O/c1-2-17-12-4-3-9(7-11(12)13)14-8-10-5-6-15-16-10/h3-7,14H,2,8H2,1H3,(H,15,16). The van der Waals surface area contributed by atoms with E-state index in [1.54, 1.807) is 18.3 Å². The number of rotatable bonds is 5. The molecule has 2 rings (SSSR count). The molecule has 1 aromatic carbocycles. The van der Waals surface area contributed by atoms with E-state index in [1.807, 2.05) is 13.0 Å². The third-order valence-electron chi connectivity index (χ3n) is 2.27. The smallest absolute Gasteiger partial charge is 0.167 e. The second-order valence-electron chi connectivity index (χ2n) is 3.51. The van der Waals surface area contributed by atoms with Gasteiger partial charge in [0.1, 0.15) is 0 Å². The van der Waals surface area contributed by atoms with Crippen molar-refractivity contribution < 1.29 is 9.13 Å². The number of nitrogens with one attached hydrogen (secondary N) is 2. The molecule has 0 aliphatic rings. The first kappa shape index (κ1) is 11.4. The Morgan fingerprint density at radius 1 is 1.41 bits per heavy atom. The van der Waals surface area contributed by atoms with Gasteiger partial charge in [-0.2, -0.15) is 5.10 Å². The summed E-state index contributed by atoms with van der Waals surface area (Å²) < 4.78 is 18.6. The van der Waals surface area contributed by atoms with Crippen LogP contribution in [-0.4, -0.2) is 16.8 Å². The molecular weight excluding hydrogens is 221 g/mol. The molecule has 0 aliphatic carbocycles. The van der Waals surface area contributed by atoms with E-state index in [2.05, 4.69) is 15.5 Å². The van der Waals surface area contributed by atoms with Crippen LogP contribution in [-0.2, 0) is 6.54 Å². The summed E-state index contributed by atoms with van der Waals surface area (Å²) in [4.78, 5) is 0. The van der Waals surface area contributed by atoms with Crippen molar-refractivity contribution in [3.8, 4) is 5.75 Å². The quantitative estimate of drug-likeness (QED) is 0.837. The number of hydrogen-bond acceptors (Lipinski definition) is 3. The van der Waals surface area contributed by atoms with Crippen molar-refractivity contribution in [1.29, 1.82) is 0 Å². The molecule has 0 fully saturated rings. The van der Waals surface area contributed by atoms with Crippen molar-refractivity contribution in [3.05, 3.63) is 42.0 Å². The Morgan fingerprint density at radius 2 is 2.29 bits per heavy atom. The molecule has 0 atom stereocenters. The van der Waals surface area contributed by atoms with Crippen LogP contribution in [0.2, 0.25) is 0 Å². The van der Waals surface area contributed by atoms with Crippen LogP contribution in [0.25, 0.3) is 0 Å². The minimum Gasteiger partial charge on any atom is -0.491 e. The molecule has 0 unspecified atom stereocenters. The van der Waals surface area contributed by atoms with Gasteiger partial charge in [0.05, 0.1) is 18.8 Å². The molecule has 0 aliphatic heterocycles. The van der Waals surface area contributed by atoms with Gasteiger partial charge >= 0.3 is 0 Å². The molecule has 90 valence electrons. The maximum atomic E-state index is 13.5. The summed E-state index contributed by atoms with van der Waals surface area (Å²) in [6, 6.07) is 6.68. The molecule has 4 nitrogen and oxygen atoms in total. The number of anilines is 1. The van der Waals surface area contributed by atoms with Crippen LogP contribution in [0.3, 0.4) is 0 Å². The lowest BCUT2D eigenvalue weighted by atomic mass is 10.3. The SMILES string of the molecule is CCOc1ccc(NCc2ccn[nH]2)cc1F. The van der Waals surface area contributed by atoms with Crippen LogP contribution in [0.15, 0.2) is 30.5 Å². The Hall–Kier alpha value is -2.04. The number of ether oxygens (including phenoxy) is 1. The first-order valence-electron chi connectivity index (χ1n) is 5.44. The average molecular weight is 235 g/mol. The second-order valence-corrected chi connectivity index (χ2v) is 3.51. The van der Waals surface area contributed by atoms with Gasteiger partial charge in [-0.05, 0) is 25.1 Å². The molecule has 0 radical (unpaired) electrons. The van der Waals surface area contributed by atoms with Crippen molar-refractivity contribution in [3.63, 3.8) is 0 Å². The van der Waals surface area contributed by atoms with Crippen LogP contribution < -0.4 is 10.1 Å². The zero-order chi connectivity index (χ0) is 12.1. The highest BCUT2D eigenvalue weighted by atomic mass is 19.1. The molecule has 0 saturated carbocycles. The molecule has 2 aromatic rings. The summed E-state index contributed by atoms with van der Waals surface area (Å²) in [5, 5.41) is 9.74. The fourth-order valence-corrected chi connectivity index (χ4v) is 1.46. The van der Waals surface area contributed by atoms with Gasteiger partial charge in [-0.3, -0.25) is 5.10 Å². The van der Waals surface area contributed by atoms with E-state index < -0.39 is 0 Å². The Bertz CT molecular complexity index is 471. The molecular formula is C12H14FN3O. The van der Waals surface area contributed by atoms with Gasteiger partial charge in [0.2, 0.25) is 0 Å². The van der Waals surface area contributed by atoms with E-state index in [4.69, 9.17) is 4.74 Å². The topological polar surface area (TPSA) is 49.9 Å². The highest BCUT2D eigenvalue weighted by Gasteiger charge is 2.04. The molecule has 0 amide bonds. The highest BCUT2D eigenvalue weighted by molar-refractivity contribution is 5.47. The van der Waals surface area contributed by atoms with E-state index in [-0.39, 0.29) is 11.6 Å². The first-order chi connectivity index (χ1) is 8.29. The van der Waals surface area contributed by atoms with Gasteiger partial charge < -0.3 is 10.1 Å². The molecule has 0 spiro atoms. The Kier molecular flexibility index (Phi) is 3.59. The maximum Gasteiger partial charge on any atom is 0.167 e. The van der Waals surface area contributed by atoms with Gasteiger partial charge in [0, 0.05) is 18.0 Å². The molecule has 0 saturated heterocycles. The number of halogens is 1. The first-order valence-corrected chi connectivity index (χ1v) is 5.44. The minimum absolute atomic E-state index is 0.277. The lowest BCUT2D eigenvalue weighted by Crippen LogP contribution is -2.01. The van der Waals surface area contributed by atoms with Crippen LogP contribution in [0.4, 0.5) is 10.1 Å². The fourth-order valence-electron chi connectivity index (χ4n) is 1.46. The van der Waals surface area contributed by atoms with Crippen LogP contribution >= 0.6 is 0 Å². The summed E-state index contributed by atoms with van der Waals surface area (Å²) in [6.07, 6.45) is 1.68. The van der Waals surface area contributed by atoms with E-state index >= 15 is 0 Å². The van der Waals surface area contributed by atoms with E-state index in [1.165, 1.54) is 6.07 Å². The Morgan fingerprint density at radius 3 is 2.94 bits per heavy atom. The molecule has 5 heteroatoms. The molecule has 17 heavy (non-hydrogen) atoms. The lowest BCUT2D eigenvalue weighted by molar-refractivity contribution is 0.321. The fraction of sp³-hybridized carbons (Fsp3) is 0.250. The highest BCUT2D eigenvalue weighted by Crippen LogP contribution is 2.21. The summed E-state index contributed by atoms with van der Waals surface area (Å²) in [5.41, 5.74) is 1.65. The zero-order valence-electron chi connectivity index (χ0n) is 9.53. The van der Waals surface area contributed by atoms with Gasteiger partial charge in [0.15, 0.2) is 11.6 Å². The van der Waals surface area contributed by atoms with Crippen molar-refractivity contribution in [2.45, 2.75) is 13.5 Å². The number of aromatic nitrogens is 2. The molecule has 0 bridgehead atoms. The zero-order valence-corrected chi connectivity index (χ0v) is 9.53. The van der Waals surface area contributed by atoms with E-state index in [0.29, 0.717) is 18.8 Å². The molecule has 1 heterocycles. The number of nitrogens with zero attached hydrogens (tertiary/aromatic N) is 1. The summed E-state index contributed by atoms with van der Waals surface area (Å²) in [6.45, 7) is 2.86. The van der Waals surface area contributed by atoms with E-state index in [9.17, 15) is 4.39 Å². The van der Waals surface area contributed by atoms with Gasteiger partial charge in [-0.25, -0.2) is 4.39 Å². The van der Waals surface area contributed by atoms with Crippen LogP contribution in [0.1, 0.15) is 12.6 Å².